The molecule has 2 aromatic heterocycles. The van der Waals surface area contributed by atoms with Gasteiger partial charge in [0.15, 0.2) is 0 Å². The first-order valence-corrected chi connectivity index (χ1v) is 14.2. The Morgan fingerprint density at radius 3 is 1.30 bits per heavy atom. The second kappa shape index (κ2) is 11.6. The average molecular weight is 599 g/mol. The number of anilines is 2. The summed E-state index contributed by atoms with van der Waals surface area (Å²) < 4.78 is 0. The molecule has 218 valence electrons. The summed E-state index contributed by atoms with van der Waals surface area (Å²) in [5.41, 5.74) is 7.68. The van der Waals surface area contributed by atoms with Gasteiger partial charge in [-0.05, 0) is 109 Å². The maximum absolute atomic E-state index is 13.0. The molecule has 0 bridgehead atoms. The Balaban J connectivity index is 1.00. The lowest BCUT2D eigenvalue weighted by atomic mass is 10.1. The molecule has 2 amide bonds. The molecule has 0 atom stereocenters. The van der Waals surface area contributed by atoms with E-state index in [0.717, 1.165) is 22.2 Å². The number of hydrogen-bond donors (Lipinski definition) is 4. The highest BCUT2D eigenvalue weighted by Crippen LogP contribution is 2.24. The molecule has 0 saturated carbocycles. The number of fused-ring (bicyclic) bond motifs is 2. The van der Waals surface area contributed by atoms with Crippen LogP contribution in [-0.2, 0) is 0 Å². The Morgan fingerprint density at radius 2 is 0.935 bits per heavy atom. The monoisotopic (exact) mass is 598 g/mol. The van der Waals surface area contributed by atoms with E-state index >= 15 is 0 Å². The topological polar surface area (TPSA) is 163 Å². The van der Waals surface area contributed by atoms with Gasteiger partial charge >= 0.3 is 0 Å². The van der Waals surface area contributed by atoms with Gasteiger partial charge in [-0.3, -0.25) is 9.59 Å². The number of aromatic amines is 2. The maximum Gasteiger partial charge on any atom is 0.255 e. The first kappa shape index (κ1) is 27.8. The fourth-order valence-electron chi connectivity index (χ4n) is 5.02. The molecule has 0 unspecified atom stereocenters. The Bertz CT molecular complexity index is 2190. The maximum atomic E-state index is 13.0. The summed E-state index contributed by atoms with van der Waals surface area (Å²) in [5, 5.41) is 23.8. The smallest absolute Gasteiger partial charge is 0.255 e. The van der Waals surface area contributed by atoms with Gasteiger partial charge in [0.05, 0.1) is 45.3 Å². The molecule has 5 aromatic carbocycles. The highest BCUT2D eigenvalue weighted by Gasteiger charge is 2.13. The van der Waals surface area contributed by atoms with Gasteiger partial charge in [-0.25, -0.2) is 9.97 Å². The van der Waals surface area contributed by atoms with Crippen LogP contribution in [0.15, 0.2) is 109 Å². The number of nitrogens with zero attached hydrogens (tertiary/aromatic N) is 4. The standard InChI is InChI=1S/C36H22N8O2/c37-19-21-1-5-23(6-2-21)33-41-29-15-9-25(17-31(29)43-33)35(45)39-27-11-13-28(14-12-27)40-36(46)26-10-16-30-32(18-26)44-34(42-30)24-7-3-22(20-38)4-8-24/h1-18H,(H,39,45)(H,40,46)(H,41,43)(H,42,44). The summed E-state index contributed by atoms with van der Waals surface area (Å²) in [5.74, 6) is 0.696. The number of benzene rings is 5. The second-order valence-corrected chi connectivity index (χ2v) is 10.5. The molecule has 46 heavy (non-hydrogen) atoms. The van der Waals surface area contributed by atoms with E-state index in [9.17, 15) is 9.59 Å². The lowest BCUT2D eigenvalue weighted by molar-refractivity contribution is 0.101. The zero-order valence-electron chi connectivity index (χ0n) is 24.0. The first-order valence-electron chi connectivity index (χ1n) is 14.2. The Labute approximate surface area is 262 Å². The van der Waals surface area contributed by atoms with Crippen molar-refractivity contribution in [2.75, 3.05) is 10.6 Å². The van der Waals surface area contributed by atoms with E-state index in [-0.39, 0.29) is 11.8 Å². The number of carbonyl (C=O) groups excluding carboxylic acids is 2. The minimum Gasteiger partial charge on any atom is -0.338 e. The van der Waals surface area contributed by atoms with Crippen LogP contribution in [0, 0.1) is 22.7 Å². The number of nitriles is 2. The molecule has 0 aliphatic heterocycles. The minimum absolute atomic E-state index is 0.297. The molecule has 0 radical (unpaired) electrons. The molecule has 7 rings (SSSR count). The Morgan fingerprint density at radius 1 is 0.543 bits per heavy atom. The molecule has 2 heterocycles. The molecule has 10 nitrogen and oxygen atoms in total. The first-order chi connectivity index (χ1) is 22.4. The van der Waals surface area contributed by atoms with Gasteiger partial charge < -0.3 is 20.6 Å². The third-order valence-electron chi connectivity index (χ3n) is 7.47. The van der Waals surface area contributed by atoms with Gasteiger partial charge in [0, 0.05) is 33.6 Å². The van der Waals surface area contributed by atoms with Crippen LogP contribution in [0.3, 0.4) is 0 Å². The molecular formula is C36H22N8O2. The van der Waals surface area contributed by atoms with Crippen LogP contribution in [0.2, 0.25) is 0 Å². The molecular weight excluding hydrogens is 576 g/mol. The second-order valence-electron chi connectivity index (χ2n) is 10.5. The van der Waals surface area contributed by atoms with Crippen LogP contribution >= 0.6 is 0 Å². The molecule has 0 saturated heterocycles. The summed E-state index contributed by atoms with van der Waals surface area (Å²) >= 11 is 0. The van der Waals surface area contributed by atoms with Crippen LogP contribution in [0.25, 0.3) is 44.8 Å². The van der Waals surface area contributed by atoms with Crippen molar-refractivity contribution < 1.29 is 9.59 Å². The molecule has 0 fully saturated rings. The third kappa shape index (κ3) is 5.53. The minimum atomic E-state index is -0.297. The van der Waals surface area contributed by atoms with E-state index in [0.29, 0.717) is 56.3 Å². The molecule has 0 aliphatic rings. The average Bonchev–Trinajstić information content (AvgIpc) is 3.73. The summed E-state index contributed by atoms with van der Waals surface area (Å²) in [4.78, 5) is 41.7. The normalized spacial score (nSPS) is 10.7. The van der Waals surface area contributed by atoms with Gasteiger partial charge in [0.2, 0.25) is 0 Å². The molecule has 4 N–H and O–H groups in total. The van der Waals surface area contributed by atoms with E-state index in [4.69, 9.17) is 10.5 Å². The fraction of sp³-hybridized carbons (Fsp3) is 0. The number of carbonyl (C=O) groups is 2. The van der Waals surface area contributed by atoms with Crippen molar-refractivity contribution in [3.05, 3.63) is 131 Å². The van der Waals surface area contributed by atoms with Crippen LogP contribution < -0.4 is 10.6 Å². The molecule has 0 aliphatic carbocycles. The van der Waals surface area contributed by atoms with Crippen molar-refractivity contribution in [1.82, 2.24) is 19.9 Å². The van der Waals surface area contributed by atoms with Crippen molar-refractivity contribution in [2.24, 2.45) is 0 Å². The van der Waals surface area contributed by atoms with Gasteiger partial charge in [-0.1, -0.05) is 0 Å². The number of imidazole rings is 2. The molecule has 10 heteroatoms. The van der Waals surface area contributed by atoms with Gasteiger partial charge in [0.25, 0.3) is 11.8 Å². The number of aromatic nitrogens is 4. The van der Waals surface area contributed by atoms with Crippen LogP contribution in [0.4, 0.5) is 11.4 Å². The Kier molecular flexibility index (Phi) is 6.98. The van der Waals surface area contributed by atoms with E-state index in [1.165, 1.54) is 0 Å². The number of H-pyrrole nitrogens is 2. The summed E-state index contributed by atoms with van der Waals surface area (Å²) in [6, 6.07) is 35.7. The zero-order chi connectivity index (χ0) is 31.6. The number of hydrogen-bond acceptors (Lipinski definition) is 6. The number of nitrogens with one attached hydrogen (secondary N) is 4. The van der Waals surface area contributed by atoms with Crippen LogP contribution in [0.5, 0.6) is 0 Å². The van der Waals surface area contributed by atoms with Gasteiger partial charge in [-0.2, -0.15) is 10.5 Å². The molecule has 7 aromatic rings. The van der Waals surface area contributed by atoms with Crippen LogP contribution in [0.1, 0.15) is 31.8 Å². The van der Waals surface area contributed by atoms with Gasteiger partial charge in [0.1, 0.15) is 11.6 Å². The number of amides is 2. The Hall–Kier alpha value is -7.04. The lowest BCUT2D eigenvalue weighted by Crippen LogP contribution is -2.13. The highest BCUT2D eigenvalue weighted by atomic mass is 16.2. The summed E-state index contributed by atoms with van der Waals surface area (Å²) in [7, 11) is 0. The summed E-state index contributed by atoms with van der Waals surface area (Å²) in [6.45, 7) is 0. The highest BCUT2D eigenvalue weighted by molar-refractivity contribution is 6.07. The van der Waals surface area contributed by atoms with E-state index in [1.54, 1.807) is 84.9 Å². The number of rotatable bonds is 6. The molecule has 0 spiro atoms. The lowest BCUT2D eigenvalue weighted by Gasteiger charge is -2.08. The van der Waals surface area contributed by atoms with Gasteiger partial charge in [-0.15, -0.1) is 0 Å². The van der Waals surface area contributed by atoms with Crippen molar-refractivity contribution in [3.63, 3.8) is 0 Å². The van der Waals surface area contributed by atoms with Crippen molar-refractivity contribution in [1.29, 1.82) is 10.5 Å². The largest absolute Gasteiger partial charge is 0.338 e. The predicted octanol–water partition coefficient (Wildman–Crippen LogP) is 7.02. The SMILES string of the molecule is N#Cc1ccc(-c2nc3cc(C(=O)Nc4ccc(NC(=O)c5ccc6[nH]c(-c7ccc(C#N)cc7)nc6c5)cc4)ccc3[nH]2)cc1. The van der Waals surface area contributed by atoms with E-state index in [1.807, 2.05) is 24.3 Å². The van der Waals surface area contributed by atoms with E-state index in [2.05, 4.69) is 42.7 Å². The van der Waals surface area contributed by atoms with Crippen molar-refractivity contribution >= 4 is 45.3 Å². The third-order valence-corrected chi connectivity index (χ3v) is 7.47. The summed E-state index contributed by atoms with van der Waals surface area (Å²) in [6.07, 6.45) is 0. The van der Waals surface area contributed by atoms with E-state index < -0.39 is 0 Å². The zero-order valence-corrected chi connectivity index (χ0v) is 24.0. The predicted molar refractivity (Wildman–Crippen MR) is 175 cm³/mol. The van der Waals surface area contributed by atoms with Crippen molar-refractivity contribution in [2.45, 2.75) is 0 Å². The quantitative estimate of drug-likeness (QED) is 0.161. The fourth-order valence-corrected chi connectivity index (χ4v) is 5.02. The van der Waals surface area contributed by atoms with Crippen LogP contribution in [-0.4, -0.2) is 31.8 Å². The van der Waals surface area contributed by atoms with Crippen molar-refractivity contribution in [3.8, 4) is 34.9 Å².